The van der Waals surface area contributed by atoms with Crippen molar-refractivity contribution in [1.29, 1.82) is 5.26 Å². The number of nitriles is 1. The molecule has 4 rings (SSSR count). The van der Waals surface area contributed by atoms with E-state index in [0.717, 1.165) is 36.3 Å². The average Bonchev–Trinajstić information content (AvgIpc) is 2.69. The van der Waals surface area contributed by atoms with Gasteiger partial charge in [-0.25, -0.2) is 9.98 Å². The molecule has 1 aliphatic heterocycles. The first-order valence-electron chi connectivity index (χ1n) is 9.24. The summed E-state index contributed by atoms with van der Waals surface area (Å²) in [6.45, 7) is 0. The molecule has 0 bridgehead atoms. The Morgan fingerprint density at radius 1 is 1.07 bits per heavy atom. The summed E-state index contributed by atoms with van der Waals surface area (Å²) < 4.78 is 0. The standard InChI is InChI=1S/C20H21N7S/c21-13-14-5-4-12-24-17(14)28-16-8-6-15(7-9-16)27-19(23)25-18(22)26-20(27)10-2-1-3-11-20/h4-9,12H,1-3,10-11H2,(H4,22,23,25,26). The molecular weight excluding hydrogens is 370 g/mol. The Hall–Kier alpha value is -3.05. The number of hydrogen-bond donors (Lipinski definition) is 2. The van der Waals surface area contributed by atoms with Gasteiger partial charge >= 0.3 is 0 Å². The summed E-state index contributed by atoms with van der Waals surface area (Å²) in [5, 5.41) is 9.93. The van der Waals surface area contributed by atoms with Gasteiger partial charge in [0.15, 0.2) is 0 Å². The molecule has 0 radical (unpaired) electrons. The average molecular weight is 392 g/mol. The van der Waals surface area contributed by atoms with Gasteiger partial charge in [0, 0.05) is 16.8 Å². The van der Waals surface area contributed by atoms with Crippen LogP contribution >= 0.6 is 11.8 Å². The van der Waals surface area contributed by atoms with E-state index in [0.29, 0.717) is 16.5 Å². The van der Waals surface area contributed by atoms with Gasteiger partial charge in [-0.2, -0.15) is 10.3 Å². The summed E-state index contributed by atoms with van der Waals surface area (Å²) in [5.74, 6) is 0.633. The van der Waals surface area contributed by atoms with Crippen LogP contribution in [-0.2, 0) is 0 Å². The fourth-order valence-corrected chi connectivity index (χ4v) is 4.66. The van der Waals surface area contributed by atoms with E-state index in [4.69, 9.17) is 16.5 Å². The van der Waals surface area contributed by atoms with Crippen LogP contribution in [0.3, 0.4) is 0 Å². The van der Waals surface area contributed by atoms with Crippen LogP contribution in [0.4, 0.5) is 5.69 Å². The first-order chi connectivity index (χ1) is 13.6. The number of nitrogens with zero attached hydrogens (tertiary/aromatic N) is 5. The zero-order chi connectivity index (χ0) is 19.6. The van der Waals surface area contributed by atoms with E-state index < -0.39 is 5.66 Å². The first-order valence-corrected chi connectivity index (χ1v) is 10.1. The number of pyridine rings is 1. The fraction of sp³-hybridized carbons (Fsp3) is 0.300. The number of anilines is 1. The molecule has 0 saturated heterocycles. The number of aromatic nitrogens is 1. The molecule has 1 aromatic carbocycles. The van der Waals surface area contributed by atoms with Crippen LogP contribution in [0.15, 0.2) is 62.5 Å². The Morgan fingerprint density at radius 2 is 1.82 bits per heavy atom. The third-order valence-corrected chi connectivity index (χ3v) is 6.08. The molecule has 8 heteroatoms. The quantitative estimate of drug-likeness (QED) is 0.830. The Labute approximate surface area is 168 Å². The van der Waals surface area contributed by atoms with E-state index in [1.807, 2.05) is 29.2 Å². The Bertz CT molecular complexity index is 969. The maximum atomic E-state index is 9.24. The molecule has 1 spiro atoms. The lowest BCUT2D eigenvalue weighted by atomic mass is 9.87. The lowest BCUT2D eigenvalue weighted by Crippen LogP contribution is -2.58. The molecule has 7 nitrogen and oxygen atoms in total. The Kier molecular flexibility index (Phi) is 4.92. The molecule has 0 unspecified atom stereocenters. The summed E-state index contributed by atoms with van der Waals surface area (Å²) in [5.41, 5.74) is 13.3. The molecule has 2 aromatic rings. The lowest BCUT2D eigenvalue weighted by molar-refractivity contribution is 0.305. The van der Waals surface area contributed by atoms with Crippen molar-refractivity contribution in [1.82, 2.24) is 4.98 Å². The van der Waals surface area contributed by atoms with E-state index in [1.54, 1.807) is 18.3 Å². The van der Waals surface area contributed by atoms with Crippen LogP contribution in [0, 0.1) is 11.3 Å². The predicted molar refractivity (Wildman–Crippen MR) is 111 cm³/mol. The van der Waals surface area contributed by atoms with Crippen molar-refractivity contribution < 1.29 is 0 Å². The van der Waals surface area contributed by atoms with Crippen molar-refractivity contribution >= 4 is 29.4 Å². The van der Waals surface area contributed by atoms with Gasteiger partial charge in [-0.3, -0.25) is 4.90 Å². The third-order valence-electron chi connectivity index (χ3n) is 5.05. The predicted octanol–water partition coefficient (Wildman–Crippen LogP) is 3.21. The number of benzene rings is 1. The van der Waals surface area contributed by atoms with Crippen LogP contribution in [0.2, 0.25) is 0 Å². The molecule has 0 amide bonds. The SMILES string of the molecule is N#Cc1cccnc1Sc1ccc(N2C(N)=NC(N)=NC23CCCCC3)cc1. The minimum atomic E-state index is -0.447. The zero-order valence-corrected chi connectivity index (χ0v) is 16.2. The van der Waals surface area contributed by atoms with Gasteiger partial charge in [0.05, 0.1) is 5.56 Å². The molecule has 1 aromatic heterocycles. The minimum Gasteiger partial charge on any atom is -0.369 e. The fourth-order valence-electron chi connectivity index (χ4n) is 3.83. The van der Waals surface area contributed by atoms with E-state index >= 15 is 0 Å². The number of guanidine groups is 2. The first kappa shape index (κ1) is 18.3. The summed E-state index contributed by atoms with van der Waals surface area (Å²) in [6.07, 6.45) is 6.87. The maximum absolute atomic E-state index is 9.24. The number of nitrogens with two attached hydrogens (primary N) is 2. The van der Waals surface area contributed by atoms with Gasteiger partial charge in [0.25, 0.3) is 0 Å². The molecule has 1 saturated carbocycles. The second-order valence-corrected chi connectivity index (χ2v) is 7.94. The van der Waals surface area contributed by atoms with E-state index in [9.17, 15) is 5.26 Å². The second kappa shape index (κ2) is 7.52. The van der Waals surface area contributed by atoms with Crippen molar-refractivity contribution in [2.75, 3.05) is 4.90 Å². The Balaban J connectivity index is 1.62. The second-order valence-electron chi connectivity index (χ2n) is 6.88. The van der Waals surface area contributed by atoms with Crippen molar-refractivity contribution in [3.63, 3.8) is 0 Å². The highest BCUT2D eigenvalue weighted by Crippen LogP contribution is 2.40. The molecular formula is C20H21N7S. The lowest BCUT2D eigenvalue weighted by Gasteiger charge is -2.45. The molecule has 28 heavy (non-hydrogen) atoms. The van der Waals surface area contributed by atoms with Gasteiger partial charge < -0.3 is 11.5 Å². The maximum Gasteiger partial charge on any atom is 0.220 e. The molecule has 2 aliphatic rings. The molecule has 2 heterocycles. The topological polar surface area (TPSA) is 117 Å². The van der Waals surface area contributed by atoms with Crippen LogP contribution < -0.4 is 16.4 Å². The largest absolute Gasteiger partial charge is 0.369 e. The van der Waals surface area contributed by atoms with Crippen LogP contribution in [0.25, 0.3) is 0 Å². The van der Waals surface area contributed by atoms with Gasteiger partial charge in [-0.1, -0.05) is 18.2 Å². The van der Waals surface area contributed by atoms with Crippen molar-refractivity contribution in [2.45, 2.75) is 47.7 Å². The zero-order valence-electron chi connectivity index (χ0n) is 15.4. The molecule has 1 aliphatic carbocycles. The number of rotatable bonds is 3. The Morgan fingerprint density at radius 3 is 2.54 bits per heavy atom. The molecule has 4 N–H and O–H groups in total. The summed E-state index contributed by atoms with van der Waals surface area (Å²) in [7, 11) is 0. The van der Waals surface area contributed by atoms with E-state index in [2.05, 4.69) is 16.0 Å². The summed E-state index contributed by atoms with van der Waals surface area (Å²) >= 11 is 1.46. The highest BCUT2D eigenvalue weighted by Gasteiger charge is 2.42. The highest BCUT2D eigenvalue weighted by molar-refractivity contribution is 7.99. The summed E-state index contributed by atoms with van der Waals surface area (Å²) in [4.78, 5) is 16.2. The molecule has 0 atom stereocenters. The normalized spacial score (nSPS) is 18.3. The van der Waals surface area contributed by atoms with Gasteiger partial charge in [0.1, 0.15) is 16.8 Å². The smallest absolute Gasteiger partial charge is 0.220 e. The van der Waals surface area contributed by atoms with Crippen molar-refractivity contribution in [2.24, 2.45) is 21.5 Å². The third kappa shape index (κ3) is 3.41. The van der Waals surface area contributed by atoms with Crippen molar-refractivity contribution in [3.8, 4) is 6.07 Å². The van der Waals surface area contributed by atoms with E-state index in [1.165, 1.54) is 18.2 Å². The molecule has 142 valence electrons. The van der Waals surface area contributed by atoms with Crippen LogP contribution in [0.5, 0.6) is 0 Å². The van der Waals surface area contributed by atoms with E-state index in [-0.39, 0.29) is 5.96 Å². The van der Waals surface area contributed by atoms with Crippen LogP contribution in [-0.4, -0.2) is 22.6 Å². The summed E-state index contributed by atoms with van der Waals surface area (Å²) in [6, 6.07) is 13.7. The number of hydrogen-bond acceptors (Lipinski definition) is 8. The minimum absolute atomic E-state index is 0.252. The van der Waals surface area contributed by atoms with Crippen molar-refractivity contribution in [3.05, 3.63) is 48.2 Å². The monoisotopic (exact) mass is 391 g/mol. The van der Waals surface area contributed by atoms with Gasteiger partial charge in [-0.05, 0) is 62.1 Å². The van der Waals surface area contributed by atoms with Gasteiger partial charge in [0.2, 0.25) is 11.9 Å². The van der Waals surface area contributed by atoms with Gasteiger partial charge in [-0.15, -0.1) is 0 Å². The number of aliphatic imine (C=N–C) groups is 2. The van der Waals surface area contributed by atoms with Crippen LogP contribution in [0.1, 0.15) is 37.7 Å². The highest BCUT2D eigenvalue weighted by atomic mass is 32.2. The molecule has 1 fully saturated rings.